The van der Waals surface area contributed by atoms with Gasteiger partial charge in [0, 0.05) is 63.7 Å². The van der Waals surface area contributed by atoms with E-state index in [1.165, 1.54) is 26.0 Å². The topological polar surface area (TPSA) is 229 Å². The average molecular weight is 860 g/mol. The number of allylic oxidation sites excluding steroid dienone is 1. The minimum Gasteiger partial charge on any atom is -0.469 e. The second kappa shape index (κ2) is 19.5. The minimum absolute atomic E-state index is 0.123. The Hall–Kier alpha value is -4.84. The number of hydrogen-bond acceptors (Lipinski definition) is 13. The van der Waals surface area contributed by atoms with Crippen molar-refractivity contribution in [2.24, 2.45) is 0 Å². The number of H-pyrrole nitrogens is 2. The van der Waals surface area contributed by atoms with Gasteiger partial charge in [0.1, 0.15) is 29.9 Å². The van der Waals surface area contributed by atoms with E-state index in [-0.39, 0.29) is 41.9 Å². The molecule has 61 heavy (non-hydrogen) atoms. The summed E-state index contributed by atoms with van der Waals surface area (Å²) in [6.45, 7) is 13.9. The molecule has 6 rings (SSSR count). The highest BCUT2D eigenvalue weighted by Crippen LogP contribution is 2.44. The normalized spacial score (nSPS) is 22.6. The monoisotopic (exact) mass is 859 g/mol. The third-order valence-electron chi connectivity index (χ3n) is 12.1. The molecule has 3 aromatic heterocycles. The van der Waals surface area contributed by atoms with Crippen LogP contribution in [0.1, 0.15) is 102 Å². The van der Waals surface area contributed by atoms with Gasteiger partial charge in [-0.15, -0.1) is 11.8 Å². The highest BCUT2D eigenvalue weighted by molar-refractivity contribution is 7.99. The third-order valence-corrected chi connectivity index (χ3v) is 13.4. The summed E-state index contributed by atoms with van der Waals surface area (Å²) in [4.78, 5) is 57.8. The molecule has 16 heteroatoms. The molecule has 0 radical (unpaired) electrons. The number of nitrogens with zero attached hydrogens (tertiary/aromatic N) is 2. The van der Waals surface area contributed by atoms with E-state index < -0.39 is 48.4 Å². The zero-order valence-corrected chi connectivity index (χ0v) is 36.6. The molecule has 3 aliphatic heterocycles. The number of thioether (sulfide) groups is 1. The van der Waals surface area contributed by atoms with Gasteiger partial charge in [0.25, 0.3) is 0 Å². The molecule has 0 saturated carbocycles. The second-order valence-corrected chi connectivity index (χ2v) is 16.9. The van der Waals surface area contributed by atoms with Crippen LogP contribution in [-0.2, 0) is 41.4 Å². The van der Waals surface area contributed by atoms with Gasteiger partial charge in [-0.1, -0.05) is 26.5 Å². The maximum Gasteiger partial charge on any atom is 0.340 e. The van der Waals surface area contributed by atoms with E-state index in [2.05, 4.69) is 41.8 Å². The fourth-order valence-electron chi connectivity index (χ4n) is 8.48. The largest absolute Gasteiger partial charge is 0.469 e. The van der Waals surface area contributed by atoms with Crippen molar-refractivity contribution in [3.8, 4) is 0 Å². The zero-order chi connectivity index (χ0) is 44.3. The van der Waals surface area contributed by atoms with Crippen LogP contribution in [0.4, 0.5) is 0 Å². The molecule has 7 N–H and O–H groups in total. The lowest BCUT2D eigenvalue weighted by atomic mass is 9.84. The Kier molecular flexibility index (Phi) is 14.6. The number of fused-ring (bicyclic) bond motifs is 8. The summed E-state index contributed by atoms with van der Waals surface area (Å²) in [5.41, 5.74) is 9.94. The molecule has 8 bridgehead atoms. The Balaban J connectivity index is 1.40. The van der Waals surface area contributed by atoms with E-state index in [0.29, 0.717) is 53.4 Å². The van der Waals surface area contributed by atoms with E-state index in [1.807, 2.05) is 32.1 Å². The number of carbonyl (C=O) groups is 3. The van der Waals surface area contributed by atoms with Gasteiger partial charge in [0.15, 0.2) is 0 Å². The van der Waals surface area contributed by atoms with Crippen LogP contribution in [0.5, 0.6) is 0 Å². The fraction of sp³-hybridized carbons (Fsp3) is 0.489. The molecule has 1 saturated heterocycles. The summed E-state index contributed by atoms with van der Waals surface area (Å²) >= 11 is 1.22. The Morgan fingerprint density at radius 2 is 1.67 bits per heavy atom. The lowest BCUT2D eigenvalue weighted by Crippen LogP contribution is -2.57. The Morgan fingerprint density at radius 3 is 2.34 bits per heavy atom. The van der Waals surface area contributed by atoms with Crippen molar-refractivity contribution in [3.05, 3.63) is 75.4 Å². The highest BCUT2D eigenvalue weighted by atomic mass is 32.2. The van der Waals surface area contributed by atoms with Gasteiger partial charge < -0.3 is 49.9 Å². The average Bonchev–Trinajstić information content (AvgIpc) is 3.93. The predicted molar refractivity (Wildman–Crippen MR) is 234 cm³/mol. The quantitative estimate of drug-likeness (QED) is 0.0866. The van der Waals surface area contributed by atoms with Gasteiger partial charge in [-0.25, -0.2) is 9.78 Å². The molecule has 3 aliphatic rings. The summed E-state index contributed by atoms with van der Waals surface area (Å²) in [5.74, 6) is -1.50. The molecule has 0 unspecified atom stereocenters. The van der Waals surface area contributed by atoms with Crippen LogP contribution in [0.25, 0.3) is 39.3 Å². The van der Waals surface area contributed by atoms with Crippen LogP contribution < -0.4 is 5.32 Å². The Morgan fingerprint density at radius 1 is 0.951 bits per heavy atom. The Bertz CT molecular complexity index is 2390. The summed E-state index contributed by atoms with van der Waals surface area (Å²) in [6.07, 6.45) is -1.89. The first-order chi connectivity index (χ1) is 29.2. The van der Waals surface area contributed by atoms with Crippen LogP contribution in [0.3, 0.4) is 0 Å². The highest BCUT2D eigenvalue weighted by Gasteiger charge is 2.43. The number of aryl methyl sites for hydroxylation is 3. The van der Waals surface area contributed by atoms with E-state index in [0.717, 1.165) is 50.7 Å². The molecular formula is C45H57N5O10S. The molecular weight excluding hydrogens is 803 g/mol. The van der Waals surface area contributed by atoms with Crippen LogP contribution in [0.2, 0.25) is 0 Å². The SMILES string of the molecule is C=Cc1c(C)c2cc3nc(c(CC(=O)OC)c4nc(cc5[nH]c(cc1[nH]2)c(C)c5CC)C(C)=C4C(=O)OC)[C@@H](CCC(=O)NCCCS[C@@H]1O[C@H](CO)[C@@H](O)[C@H](O)[C@H]1O)[C@@H]3C. The number of methoxy groups -OCH3 is 2. The van der Waals surface area contributed by atoms with Gasteiger partial charge in [-0.3, -0.25) is 14.6 Å². The van der Waals surface area contributed by atoms with Crippen molar-refractivity contribution < 1.29 is 49.0 Å². The molecule has 1 fully saturated rings. The zero-order valence-electron chi connectivity index (χ0n) is 35.8. The Labute approximate surface area is 359 Å². The minimum atomic E-state index is -1.45. The molecule has 0 aromatic carbocycles. The van der Waals surface area contributed by atoms with E-state index in [1.54, 1.807) is 6.92 Å². The number of aliphatic hydroxyl groups is 4. The number of hydrogen-bond donors (Lipinski definition) is 7. The number of aliphatic hydroxyl groups excluding tert-OH is 4. The second-order valence-electron chi connectivity index (χ2n) is 15.7. The first-order valence-electron chi connectivity index (χ1n) is 20.6. The van der Waals surface area contributed by atoms with Crippen LogP contribution >= 0.6 is 11.8 Å². The fourth-order valence-corrected chi connectivity index (χ4v) is 9.60. The standard InChI is InChI=1S/C45H57N5O10S/c1-9-25-21(3)29-17-31-23(5)27(12-13-36(52)46-14-11-15-61-45-43(56)42(55)41(54)35(20-51)60-45)39(49-31)28(16-37(53)58-7)40-38(44(57)59-8)24(6)32(50-40)19-34-26(10-2)22(4)30(48-34)18-33(25)47-29/h9,17-19,23,27,35,41-43,45,47-48,51,54-56H,1,10-16,20H2,2-8H3,(H,46,52)/t23-,27-,35+,41+,42-,43+,45-/m0/s1. The molecule has 0 aliphatic carbocycles. The maximum atomic E-state index is 13.6. The van der Waals surface area contributed by atoms with Crippen LogP contribution in [0.15, 0.2) is 24.8 Å². The van der Waals surface area contributed by atoms with Crippen molar-refractivity contribution in [2.75, 3.05) is 33.1 Å². The van der Waals surface area contributed by atoms with E-state index >= 15 is 0 Å². The molecule has 6 heterocycles. The molecule has 1 amide bonds. The maximum absolute atomic E-state index is 13.6. The molecule has 15 nitrogen and oxygen atoms in total. The lowest BCUT2D eigenvalue weighted by molar-refractivity contribution is -0.205. The van der Waals surface area contributed by atoms with E-state index in [9.17, 15) is 34.8 Å². The number of carbonyl (C=O) groups excluding carboxylic acids is 3. The van der Waals surface area contributed by atoms with Crippen molar-refractivity contribution in [1.29, 1.82) is 0 Å². The first kappa shape index (κ1) is 45.7. The third kappa shape index (κ3) is 9.20. The number of ether oxygens (including phenoxy) is 3. The number of aromatic nitrogens is 4. The number of esters is 2. The van der Waals surface area contributed by atoms with Crippen molar-refractivity contribution >= 4 is 68.9 Å². The molecule has 328 valence electrons. The van der Waals surface area contributed by atoms with Crippen LogP contribution in [-0.4, -0.2) is 121 Å². The summed E-state index contributed by atoms with van der Waals surface area (Å²) in [6, 6.07) is 5.99. The van der Waals surface area contributed by atoms with E-state index in [4.69, 9.17) is 24.2 Å². The number of amides is 1. The number of aromatic amines is 2. The van der Waals surface area contributed by atoms with Gasteiger partial charge >= 0.3 is 11.9 Å². The first-order valence-corrected chi connectivity index (χ1v) is 21.7. The van der Waals surface area contributed by atoms with Gasteiger partial charge in [-0.2, -0.15) is 0 Å². The lowest BCUT2D eigenvalue weighted by Gasteiger charge is -2.39. The van der Waals surface area contributed by atoms with Gasteiger partial charge in [-0.05, 0) is 86.2 Å². The number of rotatable bonds is 14. The van der Waals surface area contributed by atoms with Gasteiger partial charge in [0.2, 0.25) is 5.91 Å². The molecule has 0 spiro atoms. The van der Waals surface area contributed by atoms with Crippen LogP contribution in [0, 0.1) is 13.8 Å². The van der Waals surface area contributed by atoms with Crippen molar-refractivity contribution in [2.45, 2.75) is 108 Å². The number of nitrogens with one attached hydrogen (secondary N) is 3. The summed E-state index contributed by atoms with van der Waals surface area (Å²) in [7, 11) is 2.60. The van der Waals surface area contributed by atoms with Crippen molar-refractivity contribution in [3.63, 3.8) is 0 Å². The molecule has 3 aromatic rings. The smallest absolute Gasteiger partial charge is 0.340 e. The van der Waals surface area contributed by atoms with Crippen molar-refractivity contribution in [1.82, 2.24) is 25.3 Å². The summed E-state index contributed by atoms with van der Waals surface area (Å²) < 4.78 is 16.1. The predicted octanol–water partition coefficient (Wildman–Crippen LogP) is 4.66. The van der Waals surface area contributed by atoms with Gasteiger partial charge in [0.05, 0.1) is 49.9 Å². The molecule has 7 atom stereocenters. The summed E-state index contributed by atoms with van der Waals surface area (Å²) in [5, 5.41) is 43.0.